The normalized spacial score (nSPS) is 15.0. The van der Waals surface area contributed by atoms with Gasteiger partial charge in [-0.05, 0) is 42.8 Å². The lowest BCUT2D eigenvalue weighted by atomic mass is 10.2. The third-order valence-corrected chi connectivity index (χ3v) is 6.06. The first kappa shape index (κ1) is 20.8. The van der Waals surface area contributed by atoms with Crippen molar-refractivity contribution < 1.29 is 26.9 Å². The highest BCUT2D eigenvalue weighted by atomic mass is 32.2. The van der Waals surface area contributed by atoms with E-state index in [1.165, 1.54) is 36.9 Å². The monoisotopic (exact) mass is 438 g/mol. The molecule has 0 aliphatic carbocycles. The van der Waals surface area contributed by atoms with E-state index in [1.807, 2.05) is 6.92 Å². The maximum Gasteiger partial charge on any atom is 0.451 e. The third-order valence-electron chi connectivity index (χ3n) is 3.66. The van der Waals surface area contributed by atoms with Crippen molar-refractivity contribution in [2.24, 2.45) is 4.99 Å². The number of methoxy groups -OCH3 is 1. The quantitative estimate of drug-likeness (QED) is 0.504. The summed E-state index contributed by atoms with van der Waals surface area (Å²) in [6.07, 6.45) is 0.243. The molecule has 1 atom stereocenters. The van der Waals surface area contributed by atoms with Crippen LogP contribution in [0.4, 0.5) is 16.2 Å². The Morgan fingerprint density at radius 1 is 1.17 bits per heavy atom. The average Bonchev–Trinajstić information content (AvgIpc) is 2.72. The first-order valence-corrected chi connectivity index (χ1v) is 11.3. The van der Waals surface area contributed by atoms with Crippen molar-refractivity contribution in [3.8, 4) is 11.5 Å². The summed E-state index contributed by atoms with van der Waals surface area (Å²) in [5.74, 6) is 0.702. The van der Waals surface area contributed by atoms with Crippen molar-refractivity contribution >= 4 is 44.4 Å². The number of aliphatic imine (C=N–C) groups is 1. The minimum Gasteiger partial charge on any atom is -0.494 e. The number of nitrogens with zero attached hydrogens (tertiary/aromatic N) is 1. The molecule has 1 aliphatic heterocycles. The summed E-state index contributed by atoms with van der Waals surface area (Å²) >= 11 is -0.894. The number of hydrogen-bond donors (Lipinski definition) is 2. The number of hydrogen-bond acceptors (Lipinski definition) is 8. The van der Waals surface area contributed by atoms with E-state index < -0.39 is 27.5 Å². The lowest BCUT2D eigenvalue weighted by molar-refractivity contribution is 0.178. The number of rotatable bonds is 7. The van der Waals surface area contributed by atoms with Crippen LogP contribution in [0.2, 0.25) is 0 Å². The van der Waals surface area contributed by atoms with E-state index in [4.69, 9.17) is 8.92 Å². The van der Waals surface area contributed by atoms with Crippen LogP contribution < -0.4 is 18.4 Å². The minimum absolute atomic E-state index is 0.0113. The summed E-state index contributed by atoms with van der Waals surface area (Å²) in [5.41, 5.74) is 2.63. The molecule has 1 amide bonds. The molecule has 0 spiro atoms. The van der Waals surface area contributed by atoms with Gasteiger partial charge in [-0.25, -0.2) is 9.79 Å². The van der Waals surface area contributed by atoms with Crippen LogP contribution in [-0.4, -0.2) is 33.8 Å². The molecular weight excluding hydrogens is 418 g/mol. The highest BCUT2D eigenvalue weighted by molar-refractivity contribution is 8.09. The molecule has 2 aromatic rings. The van der Waals surface area contributed by atoms with Crippen molar-refractivity contribution in [1.82, 2.24) is 4.72 Å². The second-order valence-corrected chi connectivity index (χ2v) is 8.65. The number of nitrogens with one attached hydrogen (secondary N) is 2. The average molecular weight is 439 g/mol. The van der Waals surface area contributed by atoms with Crippen molar-refractivity contribution in [2.45, 2.75) is 18.2 Å². The summed E-state index contributed by atoms with van der Waals surface area (Å²) in [7, 11) is -2.77. The van der Waals surface area contributed by atoms with Crippen molar-refractivity contribution in [1.29, 1.82) is 0 Å². The van der Waals surface area contributed by atoms with Crippen molar-refractivity contribution in [3.63, 3.8) is 0 Å². The van der Waals surface area contributed by atoms with E-state index in [9.17, 15) is 13.2 Å². The number of carbonyl (C=O) groups excluding carboxylic acids is 1. The fourth-order valence-corrected chi connectivity index (χ4v) is 4.26. The van der Waals surface area contributed by atoms with Crippen LogP contribution in [0.25, 0.3) is 0 Å². The molecule has 3 rings (SSSR count). The molecular formula is C18H20N3O6S2+. The zero-order valence-electron chi connectivity index (χ0n) is 15.7. The predicted octanol–water partition coefficient (Wildman–Crippen LogP) is 3.13. The number of ether oxygens (including phenoxy) is 2. The molecule has 2 N–H and O–H groups in total. The van der Waals surface area contributed by atoms with Gasteiger partial charge in [0.1, 0.15) is 22.1 Å². The highest BCUT2D eigenvalue weighted by Gasteiger charge is 2.27. The van der Waals surface area contributed by atoms with Gasteiger partial charge in [-0.2, -0.15) is 13.1 Å². The summed E-state index contributed by atoms with van der Waals surface area (Å²) < 4.78 is 46.0. The van der Waals surface area contributed by atoms with Gasteiger partial charge in [0, 0.05) is 6.07 Å². The van der Waals surface area contributed by atoms with Crippen molar-refractivity contribution in [2.75, 3.05) is 18.4 Å². The van der Waals surface area contributed by atoms with Gasteiger partial charge < -0.3 is 13.7 Å². The predicted molar refractivity (Wildman–Crippen MR) is 111 cm³/mol. The standard InChI is InChI=1S/C18H19N3O6S2/c1-3-10-26-13-4-7-15(8-5-13)29(23,24)27-14-6-9-16-17(11-14)20-28(12-19-16)21-18(22)25-2/h4-9,11-12H,3,10H2,1-2H3,(H,20,21,22)/p+1. The molecule has 11 heteroatoms. The van der Waals surface area contributed by atoms with Crippen LogP contribution in [0, 0.1) is 0 Å². The lowest BCUT2D eigenvalue weighted by Gasteiger charge is -2.13. The van der Waals surface area contributed by atoms with Gasteiger partial charge in [-0.3, -0.25) is 0 Å². The van der Waals surface area contributed by atoms with Gasteiger partial charge in [0.15, 0.2) is 0 Å². The Labute approximate surface area is 171 Å². The van der Waals surface area contributed by atoms with Crippen LogP contribution >= 0.6 is 0 Å². The van der Waals surface area contributed by atoms with Gasteiger partial charge >= 0.3 is 16.2 Å². The Morgan fingerprint density at radius 3 is 2.59 bits per heavy atom. The molecule has 1 unspecified atom stereocenters. The Bertz CT molecular complexity index is 1010. The van der Waals surface area contributed by atoms with Gasteiger partial charge in [-0.15, -0.1) is 4.72 Å². The summed E-state index contributed by atoms with van der Waals surface area (Å²) in [6.45, 7) is 2.54. The zero-order chi connectivity index (χ0) is 20.9. The largest absolute Gasteiger partial charge is 0.494 e. The molecule has 1 aliphatic rings. The molecule has 0 saturated heterocycles. The zero-order valence-corrected chi connectivity index (χ0v) is 17.4. The summed E-state index contributed by atoms with van der Waals surface area (Å²) in [6, 6.07) is 10.6. The molecule has 2 aromatic carbocycles. The number of carbonyl (C=O) groups is 1. The fraction of sp³-hybridized carbons (Fsp3) is 0.222. The smallest absolute Gasteiger partial charge is 0.451 e. The molecule has 0 fully saturated rings. The van der Waals surface area contributed by atoms with Crippen LogP contribution in [0.15, 0.2) is 52.4 Å². The molecule has 0 aromatic heterocycles. The molecule has 0 bridgehead atoms. The number of benzene rings is 2. The maximum atomic E-state index is 12.6. The second-order valence-electron chi connectivity index (χ2n) is 5.80. The van der Waals surface area contributed by atoms with Gasteiger partial charge in [0.05, 0.1) is 19.4 Å². The fourth-order valence-electron chi connectivity index (χ4n) is 2.30. The van der Waals surface area contributed by atoms with E-state index >= 15 is 0 Å². The van der Waals surface area contributed by atoms with E-state index in [0.29, 0.717) is 23.7 Å². The lowest BCUT2D eigenvalue weighted by Crippen LogP contribution is -2.37. The molecule has 29 heavy (non-hydrogen) atoms. The third kappa shape index (κ3) is 5.33. The Hall–Kier alpha value is -2.92. The van der Waals surface area contributed by atoms with Crippen LogP contribution in [0.3, 0.4) is 0 Å². The van der Waals surface area contributed by atoms with Gasteiger partial charge in [-0.1, -0.05) is 6.92 Å². The summed E-state index contributed by atoms with van der Waals surface area (Å²) in [4.78, 5) is 15.6. The molecule has 9 nitrogen and oxygen atoms in total. The molecule has 154 valence electrons. The Kier molecular flexibility index (Phi) is 6.49. The number of fused-ring (bicyclic) bond motifs is 1. The molecule has 1 heterocycles. The first-order valence-electron chi connectivity index (χ1n) is 8.61. The first-order chi connectivity index (χ1) is 13.9. The molecule has 0 saturated carbocycles. The Balaban J connectivity index is 1.73. The minimum atomic E-state index is -4.02. The number of anilines is 1. The highest BCUT2D eigenvalue weighted by Crippen LogP contribution is 2.33. The summed E-state index contributed by atoms with van der Waals surface area (Å²) in [5, 5.41) is 0. The maximum absolute atomic E-state index is 12.6. The van der Waals surface area contributed by atoms with E-state index in [2.05, 4.69) is 19.2 Å². The number of amides is 1. The van der Waals surface area contributed by atoms with Crippen LogP contribution in [0.1, 0.15) is 13.3 Å². The van der Waals surface area contributed by atoms with E-state index in [0.717, 1.165) is 6.42 Å². The van der Waals surface area contributed by atoms with Gasteiger partial charge in [0.25, 0.3) is 16.8 Å². The van der Waals surface area contributed by atoms with Crippen LogP contribution in [0.5, 0.6) is 11.5 Å². The Morgan fingerprint density at radius 2 is 1.90 bits per heavy atom. The van der Waals surface area contributed by atoms with E-state index in [1.54, 1.807) is 18.2 Å². The van der Waals surface area contributed by atoms with Crippen molar-refractivity contribution in [3.05, 3.63) is 42.5 Å². The second kappa shape index (κ2) is 9.05. The van der Waals surface area contributed by atoms with E-state index in [-0.39, 0.29) is 10.6 Å². The van der Waals surface area contributed by atoms with Gasteiger partial charge in [0.2, 0.25) is 0 Å². The topological polar surface area (TPSA) is 115 Å². The SMILES string of the molecule is CCCOc1ccc(S(=O)(=O)Oc2ccc3c(c2)N[S+](NC(=O)OC)C=N3)cc1. The molecule has 0 radical (unpaired) electrons. The van der Waals surface area contributed by atoms with Crippen LogP contribution in [-0.2, 0) is 26.1 Å².